The SMILES string of the molecule is O=C(NC(C(=O)O)C1(S)CCN(Cc2ccccc2)CC1)c1cccnc1. The van der Waals surface area contributed by atoms with Gasteiger partial charge in [-0.3, -0.25) is 14.7 Å². The number of hydrogen-bond acceptors (Lipinski definition) is 5. The standard InChI is InChI=1S/C20H23N3O3S/c24-18(16-7-4-10-21-13-16)22-17(19(25)26)20(27)8-11-23(12-9-20)14-15-5-2-1-3-6-15/h1-7,10,13,17,27H,8-9,11-12,14H2,(H,22,24)(H,25,26). The number of carboxylic acids is 1. The van der Waals surface area contributed by atoms with Crippen LogP contribution >= 0.6 is 12.6 Å². The number of nitrogens with zero attached hydrogens (tertiary/aromatic N) is 2. The van der Waals surface area contributed by atoms with E-state index in [9.17, 15) is 14.7 Å². The van der Waals surface area contributed by atoms with Crippen molar-refractivity contribution in [2.75, 3.05) is 13.1 Å². The normalized spacial score (nSPS) is 17.8. The van der Waals surface area contributed by atoms with Crippen LogP contribution in [0.25, 0.3) is 0 Å². The molecule has 2 aromatic rings. The second-order valence-corrected chi connectivity index (χ2v) is 7.74. The number of nitrogens with one attached hydrogen (secondary N) is 1. The highest BCUT2D eigenvalue weighted by atomic mass is 32.1. The van der Waals surface area contributed by atoms with Gasteiger partial charge in [-0.25, -0.2) is 4.79 Å². The van der Waals surface area contributed by atoms with Gasteiger partial charge in [0.15, 0.2) is 0 Å². The first-order valence-corrected chi connectivity index (χ1v) is 9.35. The number of piperidine rings is 1. The zero-order valence-corrected chi connectivity index (χ0v) is 15.8. The van der Waals surface area contributed by atoms with Crippen molar-refractivity contribution < 1.29 is 14.7 Å². The second-order valence-electron chi connectivity index (χ2n) is 6.85. The third-order valence-corrected chi connectivity index (χ3v) is 5.66. The maximum Gasteiger partial charge on any atom is 0.327 e. The minimum Gasteiger partial charge on any atom is -0.480 e. The van der Waals surface area contributed by atoms with Gasteiger partial charge in [0.25, 0.3) is 5.91 Å². The number of likely N-dealkylation sites (tertiary alicyclic amines) is 1. The Balaban J connectivity index is 1.64. The maximum absolute atomic E-state index is 12.4. The van der Waals surface area contributed by atoms with Gasteiger partial charge in [0.05, 0.1) is 5.56 Å². The van der Waals surface area contributed by atoms with Gasteiger partial charge >= 0.3 is 5.97 Å². The van der Waals surface area contributed by atoms with Gasteiger partial charge in [0, 0.05) is 23.7 Å². The summed E-state index contributed by atoms with van der Waals surface area (Å²) in [6, 6.07) is 12.4. The van der Waals surface area contributed by atoms with Crippen LogP contribution in [-0.4, -0.2) is 50.7 Å². The van der Waals surface area contributed by atoms with Gasteiger partial charge in [-0.15, -0.1) is 0 Å². The number of benzene rings is 1. The van der Waals surface area contributed by atoms with Crippen molar-refractivity contribution in [3.63, 3.8) is 0 Å². The molecule has 1 unspecified atom stereocenters. The first kappa shape index (κ1) is 19.4. The summed E-state index contributed by atoms with van der Waals surface area (Å²) < 4.78 is -0.795. The lowest BCUT2D eigenvalue weighted by atomic mass is 9.87. The molecular formula is C20H23N3O3S. The Labute approximate surface area is 164 Å². The highest BCUT2D eigenvalue weighted by Crippen LogP contribution is 2.33. The van der Waals surface area contributed by atoms with E-state index in [-0.39, 0.29) is 0 Å². The first-order chi connectivity index (χ1) is 13.0. The number of rotatable bonds is 6. The molecule has 1 aromatic heterocycles. The van der Waals surface area contributed by atoms with Crippen LogP contribution in [-0.2, 0) is 11.3 Å². The summed E-state index contributed by atoms with van der Waals surface area (Å²) in [6.07, 6.45) is 4.14. The number of pyridine rings is 1. The molecule has 2 heterocycles. The molecule has 1 aliphatic heterocycles. The Morgan fingerprint density at radius 2 is 1.89 bits per heavy atom. The highest BCUT2D eigenvalue weighted by Gasteiger charge is 2.43. The van der Waals surface area contributed by atoms with Crippen LogP contribution < -0.4 is 5.32 Å². The molecule has 1 aromatic carbocycles. The predicted octanol–water partition coefficient (Wildman–Crippen LogP) is 2.23. The van der Waals surface area contributed by atoms with Gasteiger partial charge in [0.1, 0.15) is 6.04 Å². The van der Waals surface area contributed by atoms with E-state index in [1.54, 1.807) is 18.3 Å². The summed E-state index contributed by atoms with van der Waals surface area (Å²) in [5.41, 5.74) is 1.56. The van der Waals surface area contributed by atoms with Crippen molar-refractivity contribution in [3.8, 4) is 0 Å². The van der Waals surface area contributed by atoms with Gasteiger partial charge in [0.2, 0.25) is 0 Å². The summed E-state index contributed by atoms with van der Waals surface area (Å²) in [7, 11) is 0. The molecule has 1 saturated heterocycles. The lowest BCUT2D eigenvalue weighted by Gasteiger charge is -2.42. The van der Waals surface area contributed by atoms with E-state index in [0.717, 1.165) is 19.6 Å². The van der Waals surface area contributed by atoms with Crippen molar-refractivity contribution in [2.24, 2.45) is 0 Å². The zero-order valence-electron chi connectivity index (χ0n) is 14.9. The fraction of sp³-hybridized carbons (Fsp3) is 0.350. The number of carbonyl (C=O) groups excluding carboxylic acids is 1. The van der Waals surface area contributed by atoms with Crippen LogP contribution in [0.2, 0.25) is 0 Å². The van der Waals surface area contributed by atoms with Crippen LogP contribution in [0.3, 0.4) is 0 Å². The van der Waals surface area contributed by atoms with Crippen molar-refractivity contribution in [2.45, 2.75) is 30.2 Å². The van der Waals surface area contributed by atoms with Crippen molar-refractivity contribution in [1.29, 1.82) is 0 Å². The quantitative estimate of drug-likeness (QED) is 0.665. The molecule has 0 aliphatic carbocycles. The third-order valence-electron chi connectivity index (χ3n) is 4.95. The number of carbonyl (C=O) groups is 2. The summed E-state index contributed by atoms with van der Waals surface area (Å²) in [5.74, 6) is -1.52. The molecule has 0 radical (unpaired) electrons. The molecule has 6 nitrogen and oxygen atoms in total. The van der Waals surface area contributed by atoms with E-state index >= 15 is 0 Å². The molecule has 0 saturated carbocycles. The van der Waals surface area contributed by atoms with Gasteiger partial charge in [-0.2, -0.15) is 12.6 Å². The van der Waals surface area contributed by atoms with Gasteiger partial charge in [-0.1, -0.05) is 30.3 Å². The number of amides is 1. The van der Waals surface area contributed by atoms with E-state index in [1.165, 1.54) is 11.8 Å². The van der Waals surface area contributed by atoms with Crippen LogP contribution in [0.15, 0.2) is 54.9 Å². The largest absolute Gasteiger partial charge is 0.480 e. The van der Waals surface area contributed by atoms with Crippen LogP contribution in [0.5, 0.6) is 0 Å². The molecular weight excluding hydrogens is 362 g/mol. The summed E-state index contributed by atoms with van der Waals surface area (Å²) in [5, 5.41) is 12.3. The Morgan fingerprint density at radius 3 is 2.48 bits per heavy atom. The molecule has 1 fully saturated rings. The van der Waals surface area contributed by atoms with E-state index < -0.39 is 22.7 Å². The second kappa shape index (κ2) is 8.54. The average Bonchev–Trinajstić information content (AvgIpc) is 2.69. The number of thiol groups is 1. The minimum atomic E-state index is -1.07. The van der Waals surface area contributed by atoms with Crippen molar-refractivity contribution >= 4 is 24.5 Å². The summed E-state index contributed by atoms with van der Waals surface area (Å²) >= 11 is 4.70. The van der Waals surface area contributed by atoms with Gasteiger partial charge in [-0.05, 0) is 43.6 Å². The van der Waals surface area contributed by atoms with E-state index in [1.807, 2.05) is 18.2 Å². The molecule has 0 spiro atoms. The molecule has 0 bridgehead atoms. The Bertz CT molecular complexity index is 778. The Kier molecular flexibility index (Phi) is 6.13. The van der Waals surface area contributed by atoms with E-state index in [4.69, 9.17) is 12.6 Å². The monoisotopic (exact) mass is 385 g/mol. The fourth-order valence-electron chi connectivity index (χ4n) is 3.37. The maximum atomic E-state index is 12.4. The predicted molar refractivity (Wildman–Crippen MR) is 106 cm³/mol. The molecule has 3 rings (SSSR count). The van der Waals surface area contributed by atoms with E-state index in [2.05, 4.69) is 27.3 Å². The first-order valence-electron chi connectivity index (χ1n) is 8.90. The van der Waals surface area contributed by atoms with Crippen molar-refractivity contribution in [1.82, 2.24) is 15.2 Å². The highest BCUT2D eigenvalue weighted by molar-refractivity contribution is 7.82. The molecule has 1 atom stereocenters. The minimum absolute atomic E-state index is 0.335. The molecule has 1 aliphatic rings. The molecule has 2 N–H and O–H groups in total. The fourth-order valence-corrected chi connectivity index (χ4v) is 3.74. The lowest BCUT2D eigenvalue weighted by Crippen LogP contribution is -2.58. The van der Waals surface area contributed by atoms with Crippen molar-refractivity contribution in [3.05, 3.63) is 66.0 Å². The number of aliphatic carboxylic acids is 1. The topological polar surface area (TPSA) is 82.5 Å². The van der Waals surface area contributed by atoms with Crippen LogP contribution in [0, 0.1) is 0 Å². The molecule has 7 heteroatoms. The third kappa shape index (κ3) is 4.87. The van der Waals surface area contributed by atoms with Crippen LogP contribution in [0.1, 0.15) is 28.8 Å². The average molecular weight is 385 g/mol. The summed E-state index contributed by atoms with van der Waals surface area (Å²) in [4.78, 5) is 30.4. The molecule has 27 heavy (non-hydrogen) atoms. The molecule has 1 amide bonds. The number of carboxylic acid groups (broad SMARTS) is 1. The van der Waals surface area contributed by atoms with Gasteiger partial charge < -0.3 is 10.4 Å². The lowest BCUT2D eigenvalue weighted by molar-refractivity contribution is -0.140. The summed E-state index contributed by atoms with van der Waals surface area (Å²) in [6.45, 7) is 2.28. The number of aromatic nitrogens is 1. The Hall–Kier alpha value is -2.38. The van der Waals surface area contributed by atoms with Crippen LogP contribution in [0.4, 0.5) is 0 Å². The number of hydrogen-bond donors (Lipinski definition) is 3. The Morgan fingerprint density at radius 1 is 1.19 bits per heavy atom. The van der Waals surface area contributed by atoms with E-state index in [0.29, 0.717) is 18.4 Å². The smallest absolute Gasteiger partial charge is 0.327 e. The molecule has 142 valence electrons. The zero-order chi connectivity index (χ0) is 19.3.